The second-order valence-electron chi connectivity index (χ2n) is 13.1. The molecule has 0 aliphatic heterocycles. The molecular weight excluding hydrogens is 672 g/mol. The van der Waals surface area contributed by atoms with Gasteiger partial charge in [0.25, 0.3) is 0 Å². The lowest BCUT2D eigenvalue weighted by atomic mass is 9.65. The molecule has 0 radical (unpaired) electrons. The standard InChI is InChI=1S/C40H36O12/c1-18(17-41)3-6-24-28(44)10-9-25(38(24)49)39(50)35-26(22-7-4-20(42)13-29(22)45)11-19(2)12-27(35)36-31(47)16-34-37(40(36)51)32(48)15-33(52-34)23-8-5-21(43)14-30(23)46/h3-5,7-10,12-16,26-27,35,41-47,49,51H,6,11,17H2,1-2H3/t26-,27+,35-/m1/s1. The predicted octanol–water partition coefficient (Wildman–Crippen LogP) is 6.30. The highest BCUT2D eigenvalue weighted by molar-refractivity contribution is 6.03. The number of fused-ring (bicyclic) bond motifs is 1. The number of hydrogen-bond donors (Lipinski definition) is 9. The summed E-state index contributed by atoms with van der Waals surface area (Å²) in [7, 11) is 0. The van der Waals surface area contributed by atoms with Gasteiger partial charge < -0.3 is 50.4 Å². The third-order valence-electron chi connectivity index (χ3n) is 9.56. The van der Waals surface area contributed by atoms with Gasteiger partial charge in [-0.25, -0.2) is 0 Å². The van der Waals surface area contributed by atoms with Gasteiger partial charge in [0.05, 0.1) is 17.7 Å². The summed E-state index contributed by atoms with van der Waals surface area (Å²) < 4.78 is 5.85. The van der Waals surface area contributed by atoms with E-state index < -0.39 is 46.2 Å². The molecule has 12 nitrogen and oxygen atoms in total. The van der Waals surface area contributed by atoms with Crippen molar-refractivity contribution >= 4 is 16.8 Å². The van der Waals surface area contributed by atoms with Crippen LogP contribution in [0.15, 0.2) is 93.2 Å². The number of benzene rings is 4. The van der Waals surface area contributed by atoms with Crippen LogP contribution in [0.2, 0.25) is 0 Å². The summed E-state index contributed by atoms with van der Waals surface area (Å²) in [4.78, 5) is 28.4. The zero-order valence-electron chi connectivity index (χ0n) is 28.0. The maximum absolute atomic E-state index is 14.8. The molecule has 0 fully saturated rings. The van der Waals surface area contributed by atoms with Crippen molar-refractivity contribution in [1.29, 1.82) is 0 Å². The number of Topliss-reactive ketones (excluding diaryl/α,β-unsaturated/α-hetero) is 1. The highest BCUT2D eigenvalue weighted by atomic mass is 16.3. The summed E-state index contributed by atoms with van der Waals surface area (Å²) >= 11 is 0. The summed E-state index contributed by atoms with van der Waals surface area (Å²) in [6.45, 7) is 3.15. The van der Waals surface area contributed by atoms with Gasteiger partial charge in [0, 0.05) is 53.1 Å². The van der Waals surface area contributed by atoms with Crippen molar-refractivity contribution in [2.45, 2.75) is 38.5 Å². The molecule has 6 rings (SSSR count). The largest absolute Gasteiger partial charge is 0.508 e. The summed E-state index contributed by atoms with van der Waals surface area (Å²) in [5.41, 5.74) is 0.184. The maximum Gasteiger partial charge on any atom is 0.197 e. The number of hydrogen-bond acceptors (Lipinski definition) is 12. The normalized spacial score (nSPS) is 17.6. The van der Waals surface area contributed by atoms with Crippen molar-refractivity contribution in [3.8, 4) is 57.3 Å². The van der Waals surface area contributed by atoms with Crippen LogP contribution in [-0.2, 0) is 6.42 Å². The molecule has 3 atom stereocenters. The second kappa shape index (κ2) is 13.7. The molecule has 5 aromatic rings. The number of rotatable bonds is 8. The summed E-state index contributed by atoms with van der Waals surface area (Å²) in [6, 6.07) is 12.2. The first-order chi connectivity index (χ1) is 24.7. The van der Waals surface area contributed by atoms with E-state index in [4.69, 9.17) is 4.42 Å². The van der Waals surface area contributed by atoms with E-state index in [1.807, 2.05) is 0 Å². The van der Waals surface area contributed by atoms with Gasteiger partial charge in [-0.2, -0.15) is 0 Å². The number of aromatic hydroxyl groups is 8. The first kappa shape index (κ1) is 35.4. The molecule has 0 saturated carbocycles. The molecule has 4 aromatic carbocycles. The fourth-order valence-electron chi connectivity index (χ4n) is 7.00. The molecule has 0 bridgehead atoms. The Bertz CT molecular complexity index is 2370. The van der Waals surface area contributed by atoms with Crippen LogP contribution >= 0.6 is 0 Å². The zero-order valence-corrected chi connectivity index (χ0v) is 28.0. The van der Waals surface area contributed by atoms with Crippen LogP contribution < -0.4 is 5.43 Å². The lowest BCUT2D eigenvalue weighted by Crippen LogP contribution is -2.32. The number of carbonyl (C=O) groups is 1. The number of phenols is 8. The van der Waals surface area contributed by atoms with Crippen LogP contribution in [-0.4, -0.2) is 58.3 Å². The molecule has 1 heterocycles. The van der Waals surface area contributed by atoms with Gasteiger partial charge in [-0.05, 0) is 62.6 Å². The molecule has 9 N–H and O–H groups in total. The third-order valence-corrected chi connectivity index (χ3v) is 9.56. The fourth-order valence-corrected chi connectivity index (χ4v) is 7.00. The fraction of sp³-hybridized carbons (Fsp3) is 0.200. The van der Waals surface area contributed by atoms with Gasteiger partial charge in [-0.3, -0.25) is 9.59 Å². The van der Waals surface area contributed by atoms with Crippen LogP contribution in [0.5, 0.6) is 46.0 Å². The van der Waals surface area contributed by atoms with Gasteiger partial charge in [-0.15, -0.1) is 0 Å². The molecule has 0 saturated heterocycles. The predicted molar refractivity (Wildman–Crippen MR) is 190 cm³/mol. The van der Waals surface area contributed by atoms with Crippen molar-refractivity contribution in [3.63, 3.8) is 0 Å². The molecule has 52 heavy (non-hydrogen) atoms. The SMILES string of the molecule is CC(=CCc1c(O)ccc(C(=O)[C@H]2[C@@H](c3c(O)cc4oc(-c5ccc(O)cc5O)cc(=O)c4c3O)C=C(C)C[C@@H]2c2ccc(O)cc2O)c1O)CO. The van der Waals surface area contributed by atoms with E-state index in [0.717, 1.165) is 24.3 Å². The Balaban J connectivity index is 1.56. The van der Waals surface area contributed by atoms with Gasteiger partial charge in [-0.1, -0.05) is 29.4 Å². The molecular formula is C40H36O12. The number of carbonyl (C=O) groups excluding carboxylic acids is 1. The molecule has 0 spiro atoms. The average molecular weight is 709 g/mol. The highest BCUT2D eigenvalue weighted by Crippen LogP contribution is 2.54. The van der Waals surface area contributed by atoms with E-state index in [1.165, 1.54) is 36.4 Å². The Morgan fingerprint density at radius 1 is 0.827 bits per heavy atom. The molecule has 12 heteroatoms. The van der Waals surface area contributed by atoms with Crippen molar-refractivity contribution < 1.29 is 55.2 Å². The van der Waals surface area contributed by atoms with Crippen LogP contribution in [0.4, 0.5) is 0 Å². The molecule has 268 valence electrons. The topological polar surface area (TPSA) is 229 Å². The van der Waals surface area contributed by atoms with E-state index in [0.29, 0.717) is 11.1 Å². The Morgan fingerprint density at radius 2 is 1.52 bits per heavy atom. The number of aliphatic hydroxyl groups is 1. The minimum atomic E-state index is -1.26. The van der Waals surface area contributed by atoms with Crippen LogP contribution in [0.1, 0.15) is 59.2 Å². The summed E-state index contributed by atoms with van der Waals surface area (Å²) in [6.07, 6.45) is 3.41. The number of ketones is 1. The average Bonchev–Trinajstić information content (AvgIpc) is 3.07. The number of allylic oxidation sites excluding steroid dienone is 3. The Kier molecular flexibility index (Phi) is 9.35. The lowest BCUT2D eigenvalue weighted by molar-refractivity contribution is 0.0876. The van der Waals surface area contributed by atoms with Gasteiger partial charge >= 0.3 is 0 Å². The molecule has 0 unspecified atom stereocenters. The minimum absolute atomic E-state index is 0.0197. The smallest absolute Gasteiger partial charge is 0.197 e. The van der Waals surface area contributed by atoms with Crippen LogP contribution in [0.3, 0.4) is 0 Å². The van der Waals surface area contributed by atoms with Crippen LogP contribution in [0.25, 0.3) is 22.3 Å². The highest BCUT2D eigenvalue weighted by Gasteiger charge is 2.44. The van der Waals surface area contributed by atoms with Gasteiger partial charge in [0.15, 0.2) is 11.2 Å². The molecule has 1 aliphatic rings. The van der Waals surface area contributed by atoms with E-state index in [2.05, 4.69) is 0 Å². The number of aliphatic hydroxyl groups excluding tert-OH is 1. The lowest BCUT2D eigenvalue weighted by Gasteiger charge is -2.37. The number of phenolic OH excluding ortho intramolecular Hbond substituents is 8. The Morgan fingerprint density at radius 3 is 2.19 bits per heavy atom. The summed E-state index contributed by atoms with van der Waals surface area (Å²) in [5, 5.41) is 95.5. The van der Waals surface area contributed by atoms with Crippen molar-refractivity contribution in [2.24, 2.45) is 5.92 Å². The van der Waals surface area contributed by atoms with Crippen molar-refractivity contribution in [1.82, 2.24) is 0 Å². The minimum Gasteiger partial charge on any atom is -0.508 e. The second-order valence-corrected chi connectivity index (χ2v) is 13.1. The van der Waals surface area contributed by atoms with Crippen molar-refractivity contribution in [2.75, 3.05) is 6.61 Å². The van der Waals surface area contributed by atoms with E-state index in [-0.39, 0.29) is 92.7 Å². The third kappa shape index (κ3) is 6.35. The maximum atomic E-state index is 14.8. The van der Waals surface area contributed by atoms with E-state index in [9.17, 15) is 55.5 Å². The van der Waals surface area contributed by atoms with Gasteiger partial charge in [0.1, 0.15) is 62.7 Å². The summed E-state index contributed by atoms with van der Waals surface area (Å²) in [5.74, 6) is -7.32. The monoisotopic (exact) mass is 708 g/mol. The molecule has 0 amide bonds. The first-order valence-electron chi connectivity index (χ1n) is 16.3. The molecule has 1 aromatic heterocycles. The van der Waals surface area contributed by atoms with E-state index in [1.54, 1.807) is 26.0 Å². The Labute approximate surface area is 296 Å². The quantitative estimate of drug-likeness (QED) is 0.0639. The first-order valence-corrected chi connectivity index (χ1v) is 16.3. The Hall–Kier alpha value is -6.40. The van der Waals surface area contributed by atoms with E-state index >= 15 is 0 Å². The van der Waals surface area contributed by atoms with Gasteiger partial charge in [0.2, 0.25) is 0 Å². The van der Waals surface area contributed by atoms with Crippen LogP contribution in [0, 0.1) is 5.92 Å². The molecule has 1 aliphatic carbocycles. The van der Waals surface area contributed by atoms with Crippen molar-refractivity contribution in [3.05, 3.63) is 116 Å². The zero-order chi connectivity index (χ0) is 37.6.